The molecule has 1 fully saturated rings. The summed E-state index contributed by atoms with van der Waals surface area (Å²) in [5, 5.41) is 9.20. The van der Waals surface area contributed by atoms with E-state index in [0.29, 0.717) is 13.0 Å². The van der Waals surface area contributed by atoms with Gasteiger partial charge < -0.3 is 15.7 Å². The number of phenols is 1. The second kappa shape index (κ2) is 5.19. The van der Waals surface area contributed by atoms with E-state index in [4.69, 9.17) is 5.73 Å². The molecule has 0 spiro atoms. The maximum Gasteiger partial charge on any atom is 0.222 e. The minimum absolute atomic E-state index is 0.183. The Hall–Kier alpha value is -1.55. The average molecular weight is 234 g/mol. The molecule has 1 aromatic carbocycles. The lowest BCUT2D eigenvalue weighted by atomic mass is 10.0. The van der Waals surface area contributed by atoms with Gasteiger partial charge in [0.1, 0.15) is 5.75 Å². The van der Waals surface area contributed by atoms with Crippen LogP contribution in [0.5, 0.6) is 5.75 Å². The smallest absolute Gasteiger partial charge is 0.222 e. The molecule has 0 saturated carbocycles. The standard InChI is InChI=1S/C13H18N2O2/c14-12(10-4-6-11(16)7-5-10)9-15-8-2-1-3-13(15)17/h4-7,12,16H,1-3,8-9,14H2. The Bertz CT molecular complexity index is 389. The number of amides is 1. The van der Waals surface area contributed by atoms with Crippen LogP contribution in [0.15, 0.2) is 24.3 Å². The number of rotatable bonds is 3. The molecular formula is C13H18N2O2. The third kappa shape index (κ3) is 2.97. The Morgan fingerprint density at radius 3 is 2.65 bits per heavy atom. The number of nitrogens with two attached hydrogens (primary N) is 1. The summed E-state index contributed by atoms with van der Waals surface area (Å²) in [5.41, 5.74) is 7.01. The van der Waals surface area contributed by atoms with Crippen molar-refractivity contribution in [3.63, 3.8) is 0 Å². The van der Waals surface area contributed by atoms with E-state index in [-0.39, 0.29) is 17.7 Å². The van der Waals surface area contributed by atoms with Gasteiger partial charge in [-0.15, -0.1) is 0 Å². The van der Waals surface area contributed by atoms with Gasteiger partial charge in [0.05, 0.1) is 0 Å². The third-order valence-corrected chi connectivity index (χ3v) is 3.16. The number of carbonyl (C=O) groups excluding carboxylic acids is 1. The molecule has 1 aromatic rings. The first-order valence-electron chi connectivity index (χ1n) is 5.99. The molecule has 1 unspecified atom stereocenters. The second-order valence-corrected chi connectivity index (χ2v) is 4.49. The molecule has 1 aliphatic rings. The molecule has 1 heterocycles. The van der Waals surface area contributed by atoms with Gasteiger partial charge in [-0.2, -0.15) is 0 Å². The highest BCUT2D eigenvalue weighted by Crippen LogP contribution is 2.18. The molecule has 92 valence electrons. The van der Waals surface area contributed by atoms with E-state index in [0.717, 1.165) is 24.9 Å². The van der Waals surface area contributed by atoms with Crippen molar-refractivity contribution < 1.29 is 9.90 Å². The molecule has 4 heteroatoms. The summed E-state index contributed by atoms with van der Waals surface area (Å²) in [4.78, 5) is 13.5. The van der Waals surface area contributed by atoms with Crippen LogP contribution in [0.3, 0.4) is 0 Å². The molecule has 1 atom stereocenters. The van der Waals surface area contributed by atoms with E-state index in [9.17, 15) is 9.90 Å². The number of aromatic hydroxyl groups is 1. The predicted molar refractivity (Wildman–Crippen MR) is 65.5 cm³/mol. The summed E-state index contributed by atoms with van der Waals surface area (Å²) in [5.74, 6) is 0.431. The van der Waals surface area contributed by atoms with Crippen LogP contribution >= 0.6 is 0 Å². The van der Waals surface area contributed by atoms with Gasteiger partial charge in [0, 0.05) is 25.6 Å². The number of benzene rings is 1. The van der Waals surface area contributed by atoms with E-state index < -0.39 is 0 Å². The van der Waals surface area contributed by atoms with Crippen molar-refractivity contribution in [2.24, 2.45) is 5.73 Å². The van der Waals surface area contributed by atoms with Crippen molar-refractivity contribution >= 4 is 5.91 Å². The number of likely N-dealkylation sites (tertiary alicyclic amines) is 1. The van der Waals surface area contributed by atoms with Crippen LogP contribution in [0.1, 0.15) is 30.9 Å². The molecule has 0 aliphatic carbocycles. The number of nitrogens with zero attached hydrogens (tertiary/aromatic N) is 1. The van der Waals surface area contributed by atoms with Crippen molar-refractivity contribution in [3.05, 3.63) is 29.8 Å². The zero-order valence-electron chi connectivity index (χ0n) is 9.80. The first kappa shape index (κ1) is 11.9. The van der Waals surface area contributed by atoms with Crippen molar-refractivity contribution in [3.8, 4) is 5.75 Å². The fourth-order valence-corrected chi connectivity index (χ4v) is 2.12. The van der Waals surface area contributed by atoms with Crippen LogP contribution in [-0.2, 0) is 4.79 Å². The Morgan fingerprint density at radius 1 is 1.29 bits per heavy atom. The molecule has 1 saturated heterocycles. The monoisotopic (exact) mass is 234 g/mol. The number of hydrogen-bond donors (Lipinski definition) is 2. The molecule has 0 aromatic heterocycles. The number of carbonyl (C=O) groups is 1. The second-order valence-electron chi connectivity index (χ2n) is 4.49. The number of phenolic OH excluding ortho intramolecular Hbond substituents is 1. The van der Waals surface area contributed by atoms with Crippen LogP contribution in [0, 0.1) is 0 Å². The van der Waals surface area contributed by atoms with E-state index in [1.807, 2.05) is 4.90 Å². The largest absolute Gasteiger partial charge is 0.508 e. The summed E-state index contributed by atoms with van der Waals surface area (Å²) >= 11 is 0. The van der Waals surface area contributed by atoms with Crippen molar-refractivity contribution in [2.75, 3.05) is 13.1 Å². The van der Waals surface area contributed by atoms with Gasteiger partial charge >= 0.3 is 0 Å². The minimum Gasteiger partial charge on any atom is -0.508 e. The summed E-state index contributed by atoms with van der Waals surface area (Å²) < 4.78 is 0. The van der Waals surface area contributed by atoms with Crippen molar-refractivity contribution in [1.29, 1.82) is 0 Å². The zero-order chi connectivity index (χ0) is 12.3. The van der Waals surface area contributed by atoms with Gasteiger partial charge in [-0.1, -0.05) is 12.1 Å². The molecule has 2 rings (SSSR count). The fourth-order valence-electron chi connectivity index (χ4n) is 2.12. The van der Waals surface area contributed by atoms with Crippen LogP contribution < -0.4 is 5.73 Å². The summed E-state index contributed by atoms with van der Waals surface area (Å²) in [6, 6.07) is 6.65. The molecule has 1 aliphatic heterocycles. The maximum atomic E-state index is 11.6. The van der Waals surface area contributed by atoms with Gasteiger partial charge in [0.2, 0.25) is 5.91 Å². The first-order valence-corrected chi connectivity index (χ1v) is 5.99. The quantitative estimate of drug-likeness (QED) is 0.830. The highest BCUT2D eigenvalue weighted by molar-refractivity contribution is 5.76. The van der Waals surface area contributed by atoms with Gasteiger partial charge in [-0.3, -0.25) is 4.79 Å². The Balaban J connectivity index is 1.98. The summed E-state index contributed by atoms with van der Waals surface area (Å²) in [6.45, 7) is 1.37. The lowest BCUT2D eigenvalue weighted by molar-refractivity contribution is -0.133. The van der Waals surface area contributed by atoms with Gasteiger partial charge in [0.25, 0.3) is 0 Å². The highest BCUT2D eigenvalue weighted by atomic mass is 16.3. The number of hydrogen-bond acceptors (Lipinski definition) is 3. The minimum atomic E-state index is -0.183. The third-order valence-electron chi connectivity index (χ3n) is 3.16. The van der Waals surface area contributed by atoms with E-state index >= 15 is 0 Å². The predicted octanol–water partition coefficient (Wildman–Crippen LogP) is 1.40. The SMILES string of the molecule is NC(CN1CCCCC1=O)c1ccc(O)cc1. The Morgan fingerprint density at radius 2 is 2.00 bits per heavy atom. The molecule has 17 heavy (non-hydrogen) atoms. The van der Waals surface area contributed by atoms with Gasteiger partial charge in [-0.05, 0) is 30.5 Å². The molecule has 4 nitrogen and oxygen atoms in total. The summed E-state index contributed by atoms with van der Waals surface area (Å²) in [6.07, 6.45) is 2.69. The zero-order valence-corrected chi connectivity index (χ0v) is 9.80. The fraction of sp³-hybridized carbons (Fsp3) is 0.462. The first-order chi connectivity index (χ1) is 8.16. The van der Waals surface area contributed by atoms with Crippen molar-refractivity contribution in [1.82, 2.24) is 4.90 Å². The molecular weight excluding hydrogens is 216 g/mol. The van der Waals surface area contributed by atoms with Gasteiger partial charge in [-0.25, -0.2) is 0 Å². The molecule has 0 radical (unpaired) electrons. The summed E-state index contributed by atoms with van der Waals surface area (Å²) in [7, 11) is 0. The van der Waals surface area contributed by atoms with Crippen LogP contribution in [0.4, 0.5) is 0 Å². The average Bonchev–Trinajstić information content (AvgIpc) is 2.33. The Labute approximate surface area is 101 Å². The Kier molecular flexibility index (Phi) is 3.64. The van der Waals surface area contributed by atoms with E-state index in [2.05, 4.69) is 0 Å². The maximum absolute atomic E-state index is 11.6. The topological polar surface area (TPSA) is 66.6 Å². The highest BCUT2D eigenvalue weighted by Gasteiger charge is 2.20. The lowest BCUT2D eigenvalue weighted by Gasteiger charge is -2.29. The molecule has 0 bridgehead atoms. The van der Waals surface area contributed by atoms with Crippen LogP contribution in [0.2, 0.25) is 0 Å². The van der Waals surface area contributed by atoms with E-state index in [1.165, 1.54) is 0 Å². The molecule has 3 N–H and O–H groups in total. The van der Waals surface area contributed by atoms with Crippen LogP contribution in [-0.4, -0.2) is 29.0 Å². The normalized spacial score (nSPS) is 18.2. The van der Waals surface area contributed by atoms with Crippen LogP contribution in [0.25, 0.3) is 0 Å². The lowest BCUT2D eigenvalue weighted by Crippen LogP contribution is -2.40. The molecule has 1 amide bonds. The van der Waals surface area contributed by atoms with E-state index in [1.54, 1.807) is 24.3 Å². The number of piperidine rings is 1. The van der Waals surface area contributed by atoms with Gasteiger partial charge in [0.15, 0.2) is 0 Å². The van der Waals surface area contributed by atoms with Crippen molar-refractivity contribution in [2.45, 2.75) is 25.3 Å².